The van der Waals surface area contributed by atoms with Crippen LogP contribution in [0.15, 0.2) is 12.2 Å². The highest BCUT2D eigenvalue weighted by molar-refractivity contribution is 7.47. The Kier molecular flexibility index (Phi) is 65.2. The second-order valence-corrected chi connectivity index (χ2v) is 36.5. The molecule has 3 fully saturated rings. The molecule has 2 heterocycles. The molecular weight excluding hydrogens is 1550 g/mol. The number of rotatable bonds is 77. The quantitative estimate of drug-likeness (QED) is 0.00889. The number of aliphatic hydroxyl groups excluding tert-OH is 9. The molecule has 0 bridgehead atoms. The van der Waals surface area contributed by atoms with E-state index in [2.05, 4.69) is 53.7 Å². The van der Waals surface area contributed by atoms with Gasteiger partial charge in [-0.05, 0) is 63.2 Å². The normalized spacial score (nSPS) is 25.4. The Labute approximate surface area is 718 Å². The Morgan fingerprint density at radius 1 is 0.353 bits per heavy atom. The van der Waals surface area contributed by atoms with Crippen LogP contribution < -0.4 is 0 Å². The largest absolute Gasteiger partial charge is 0.472 e. The summed E-state index contributed by atoms with van der Waals surface area (Å²) in [6, 6.07) is 0. The van der Waals surface area contributed by atoms with Crippen molar-refractivity contribution in [3.05, 3.63) is 12.2 Å². The third kappa shape index (κ3) is 51.0. The molecule has 0 aromatic heterocycles. The van der Waals surface area contributed by atoms with Crippen LogP contribution in [-0.2, 0) is 70.7 Å². The van der Waals surface area contributed by atoms with Gasteiger partial charge >= 0.3 is 31.7 Å². The predicted molar refractivity (Wildman–Crippen MR) is 462 cm³/mol. The highest BCUT2D eigenvalue weighted by Crippen LogP contribution is 2.49. The second-order valence-electron chi connectivity index (χ2n) is 35.1. The summed E-state index contributed by atoms with van der Waals surface area (Å²) in [5.41, 5.74) is 0. The van der Waals surface area contributed by atoms with E-state index in [0.717, 1.165) is 122 Å². The van der Waals surface area contributed by atoms with Crippen molar-refractivity contribution in [1.29, 1.82) is 0 Å². The first kappa shape index (κ1) is 110. The molecule has 0 aromatic rings. The van der Waals surface area contributed by atoms with E-state index in [9.17, 15) is 74.6 Å². The fourth-order valence-electron chi connectivity index (χ4n) is 16.2. The number of ether oxygens (including phenoxy) is 8. The number of phosphoric acid groups is 1. The minimum atomic E-state index is -5.81. The molecule has 0 amide bonds. The molecule has 25 nitrogen and oxygen atoms in total. The molecular formula is C93H173O25P. The summed E-state index contributed by atoms with van der Waals surface area (Å²) in [7, 11) is -5.81. The van der Waals surface area contributed by atoms with Gasteiger partial charge < -0.3 is 88.7 Å². The molecule has 2 saturated heterocycles. The molecule has 0 radical (unpaired) electrons. The number of carbonyl (C=O) groups is 4. The maximum atomic E-state index is 14.9. The average molecular weight is 1720 g/mol. The van der Waals surface area contributed by atoms with E-state index < -0.39 is 162 Å². The van der Waals surface area contributed by atoms with Crippen LogP contribution >= 0.6 is 7.82 Å². The van der Waals surface area contributed by atoms with Gasteiger partial charge in [0, 0.05) is 25.7 Å². The fraction of sp³-hybridized carbons (Fsp3) is 0.935. The molecule has 26 heteroatoms. The lowest BCUT2D eigenvalue weighted by molar-refractivity contribution is -0.360. The van der Waals surface area contributed by atoms with Crippen LogP contribution in [-0.4, -0.2) is 205 Å². The van der Waals surface area contributed by atoms with Gasteiger partial charge in [0.15, 0.2) is 24.8 Å². The number of hydrogen-bond donors (Lipinski definition) is 10. The van der Waals surface area contributed by atoms with Crippen molar-refractivity contribution < 1.29 is 122 Å². The molecule has 119 heavy (non-hydrogen) atoms. The molecule has 0 spiro atoms. The van der Waals surface area contributed by atoms with Crippen molar-refractivity contribution in [3.8, 4) is 0 Å². The molecule has 1 aliphatic carbocycles. The highest BCUT2D eigenvalue weighted by atomic mass is 31.2. The van der Waals surface area contributed by atoms with E-state index in [1.165, 1.54) is 186 Å². The highest BCUT2D eigenvalue weighted by Gasteiger charge is 2.60. The summed E-state index contributed by atoms with van der Waals surface area (Å²) in [6.45, 7) is 10.2. The predicted octanol–water partition coefficient (Wildman–Crippen LogP) is 18.0. The first-order valence-electron chi connectivity index (χ1n) is 48.2. The van der Waals surface area contributed by atoms with Crippen molar-refractivity contribution in [2.45, 2.75) is 518 Å². The smallest absolute Gasteiger partial charge is 0.463 e. The number of carbonyl (C=O) groups excluding carboxylic acids is 4. The zero-order chi connectivity index (χ0) is 87.1. The number of phosphoric ester groups is 1. The fourth-order valence-corrected chi connectivity index (χ4v) is 17.2. The second kappa shape index (κ2) is 70.3. The maximum Gasteiger partial charge on any atom is 0.472 e. The van der Waals surface area contributed by atoms with Gasteiger partial charge in [0.25, 0.3) is 0 Å². The summed E-state index contributed by atoms with van der Waals surface area (Å²) in [4.78, 5) is 66.6. The molecule has 2 aliphatic heterocycles. The van der Waals surface area contributed by atoms with Gasteiger partial charge in [-0.2, -0.15) is 0 Å². The van der Waals surface area contributed by atoms with E-state index in [-0.39, 0.29) is 25.7 Å². The van der Waals surface area contributed by atoms with Crippen molar-refractivity contribution in [3.63, 3.8) is 0 Å². The Hall–Kier alpha value is -2.79. The van der Waals surface area contributed by atoms with E-state index in [4.69, 9.17) is 46.9 Å². The van der Waals surface area contributed by atoms with E-state index in [1.807, 2.05) is 0 Å². The van der Waals surface area contributed by atoms with E-state index in [1.54, 1.807) is 0 Å². The molecule has 10 N–H and O–H groups in total. The summed E-state index contributed by atoms with van der Waals surface area (Å²) in [5.74, 6) is -1.66. The number of esters is 4. The van der Waals surface area contributed by atoms with Crippen molar-refractivity contribution in [2.24, 2.45) is 11.8 Å². The Balaban J connectivity index is 1.93. The molecule has 1 saturated carbocycles. The van der Waals surface area contributed by atoms with Gasteiger partial charge in [-0.15, -0.1) is 0 Å². The van der Waals surface area contributed by atoms with Crippen LogP contribution in [0.1, 0.15) is 414 Å². The van der Waals surface area contributed by atoms with Gasteiger partial charge in [-0.3, -0.25) is 28.2 Å². The topological polar surface area (TPSA) is 380 Å². The van der Waals surface area contributed by atoms with Crippen molar-refractivity contribution >= 4 is 31.7 Å². The van der Waals surface area contributed by atoms with Crippen molar-refractivity contribution in [1.82, 2.24) is 0 Å². The first-order chi connectivity index (χ1) is 57.5. The average Bonchev–Trinajstić information content (AvgIpc) is 0.754. The minimum Gasteiger partial charge on any atom is -0.463 e. The molecule has 3 rings (SSSR count). The van der Waals surface area contributed by atoms with Gasteiger partial charge in [-0.25, -0.2) is 4.57 Å². The Bertz CT molecular complexity index is 2550. The lowest BCUT2D eigenvalue weighted by Gasteiger charge is -2.50. The number of aliphatic hydroxyl groups is 9. The number of allylic oxidation sites excluding steroid dienone is 2. The standard InChI is InChI=1S/C93H173O25P/c1-7-11-15-19-23-25-27-29-30-32-33-35-37-47-56-64-77(96)110-70-75-81(100)83(102)87(106)93(114-75)117-90-88(115-79(98)66-58-50-42-40-46-54-62-72(6)60-52-44-22-18-14-10-4)84(103)85(104)89(116-92-86(105)82(101)80(99)74(67-94)113-92)91(90)118-119(107,108)111-69-73(112-78(97)65-57-49-38-36-34-31-28-26-24-20-16-12-8-2)68-109-76(95)63-55-48-41-39-45-53-61-71(5)59-51-43-21-17-13-9-3/h31,34,71-75,80-94,99-106H,7-30,32-33,35-70H2,1-6H3,(H,107,108)/b34-31-. The molecule has 20 unspecified atom stereocenters. The summed E-state index contributed by atoms with van der Waals surface area (Å²) < 4.78 is 73.6. The van der Waals surface area contributed by atoms with Crippen LogP contribution in [0.4, 0.5) is 0 Å². The van der Waals surface area contributed by atoms with Crippen LogP contribution in [0.3, 0.4) is 0 Å². The van der Waals surface area contributed by atoms with Crippen LogP contribution in [0.25, 0.3) is 0 Å². The van der Waals surface area contributed by atoms with Crippen LogP contribution in [0.2, 0.25) is 0 Å². The zero-order valence-corrected chi connectivity index (χ0v) is 75.9. The van der Waals surface area contributed by atoms with Crippen molar-refractivity contribution in [2.75, 3.05) is 26.4 Å². The first-order valence-corrected chi connectivity index (χ1v) is 49.7. The van der Waals surface area contributed by atoms with Gasteiger partial charge in [0.05, 0.1) is 13.2 Å². The zero-order valence-electron chi connectivity index (χ0n) is 75.0. The Morgan fingerprint density at radius 2 is 0.681 bits per heavy atom. The molecule has 0 aromatic carbocycles. The number of unbranched alkanes of at least 4 members (excludes halogenated alkanes) is 43. The summed E-state index contributed by atoms with van der Waals surface area (Å²) >= 11 is 0. The minimum absolute atomic E-state index is 0.0174. The van der Waals surface area contributed by atoms with Gasteiger partial charge in [0.1, 0.15) is 92.6 Å². The molecule has 20 atom stereocenters. The monoisotopic (exact) mass is 1720 g/mol. The van der Waals surface area contributed by atoms with Gasteiger partial charge in [-0.1, -0.05) is 349 Å². The van der Waals surface area contributed by atoms with Crippen LogP contribution in [0.5, 0.6) is 0 Å². The van der Waals surface area contributed by atoms with E-state index in [0.29, 0.717) is 50.4 Å². The maximum absolute atomic E-state index is 14.9. The summed E-state index contributed by atoms with van der Waals surface area (Å²) in [6.07, 6.45) is 26.4. The third-order valence-corrected chi connectivity index (χ3v) is 25.0. The molecule has 700 valence electrons. The lowest BCUT2D eigenvalue weighted by Crippen LogP contribution is -2.70. The third-order valence-electron chi connectivity index (χ3n) is 24.1. The SMILES string of the molecule is CCCCCCCC/C=C\CCCCCC(=O)OC(COC(=O)CCCCCCCCC(C)CCCCCCCC)COP(=O)(O)OC1C(OC2OC(CO)C(O)C(O)C2O)C(O)C(O)C(OC(=O)CCCCCCCCC(C)CCCCCCCC)C1OC1OC(COC(=O)CCCCCCCCCCCCCCCCC)C(O)C(O)C1O. The molecule has 3 aliphatic rings. The van der Waals surface area contributed by atoms with Gasteiger partial charge in [0.2, 0.25) is 0 Å². The number of hydrogen-bond acceptors (Lipinski definition) is 24. The lowest BCUT2D eigenvalue weighted by atomic mass is 9.84. The summed E-state index contributed by atoms with van der Waals surface area (Å²) in [5, 5.41) is 102. The van der Waals surface area contributed by atoms with E-state index >= 15 is 0 Å². The van der Waals surface area contributed by atoms with Crippen LogP contribution in [0, 0.1) is 11.8 Å². The Morgan fingerprint density at radius 3 is 1.09 bits per heavy atom.